The van der Waals surface area contributed by atoms with E-state index >= 15 is 0 Å². The van der Waals surface area contributed by atoms with Crippen LogP contribution in [0, 0.1) is 6.92 Å². The van der Waals surface area contributed by atoms with Gasteiger partial charge >= 0.3 is 0 Å². The number of amides is 1. The molecule has 0 aliphatic rings. The summed E-state index contributed by atoms with van der Waals surface area (Å²) in [6.45, 7) is 7.81. The Bertz CT molecular complexity index is 1220. The Morgan fingerprint density at radius 2 is 1.79 bits per heavy atom. The van der Waals surface area contributed by atoms with Crippen LogP contribution in [-0.2, 0) is 0 Å². The Labute approximate surface area is 191 Å². The molecule has 1 amide bonds. The summed E-state index contributed by atoms with van der Waals surface area (Å²) in [5, 5.41) is 9.98. The number of carbonyl (C=O) groups excluding carboxylic acids is 1. The number of rotatable bonds is 8. The van der Waals surface area contributed by atoms with Crippen LogP contribution in [0.5, 0.6) is 0 Å². The quantitative estimate of drug-likeness (QED) is 0.404. The lowest BCUT2D eigenvalue weighted by molar-refractivity contribution is 0.101. The predicted octanol–water partition coefficient (Wildman–Crippen LogP) is 4.68. The van der Waals surface area contributed by atoms with Gasteiger partial charge in [0.2, 0.25) is 0 Å². The van der Waals surface area contributed by atoms with Crippen LogP contribution in [0.1, 0.15) is 30.2 Å². The van der Waals surface area contributed by atoms with Gasteiger partial charge in [0.1, 0.15) is 17.5 Å². The van der Waals surface area contributed by atoms with Crippen molar-refractivity contribution in [3.05, 3.63) is 72.4 Å². The highest BCUT2D eigenvalue weighted by molar-refractivity contribution is 6.03. The summed E-state index contributed by atoms with van der Waals surface area (Å²) in [6.07, 6.45) is 3.32. The highest BCUT2D eigenvalue weighted by atomic mass is 16.5. The SMILES string of the molecule is CCN(CC)c1cc(Nc2ccc(NC(=O)c3cc(-c4cccnc4)on3)cc2)nc(C)n1. The number of nitrogens with zero attached hydrogens (tertiary/aromatic N) is 5. The van der Waals surface area contributed by atoms with Crippen LogP contribution in [0.4, 0.5) is 23.0 Å². The highest BCUT2D eigenvalue weighted by Gasteiger charge is 2.14. The van der Waals surface area contributed by atoms with Crippen LogP contribution < -0.4 is 15.5 Å². The molecule has 168 valence electrons. The normalized spacial score (nSPS) is 10.6. The van der Waals surface area contributed by atoms with Crippen molar-refractivity contribution in [3.8, 4) is 11.3 Å². The van der Waals surface area contributed by atoms with E-state index in [1.165, 1.54) is 0 Å². The Kier molecular flexibility index (Phi) is 6.58. The molecule has 0 radical (unpaired) electrons. The summed E-state index contributed by atoms with van der Waals surface area (Å²) in [6, 6.07) is 14.5. The van der Waals surface area contributed by atoms with Crippen LogP contribution in [0.15, 0.2) is 65.4 Å². The third-order valence-corrected chi connectivity index (χ3v) is 5.02. The summed E-state index contributed by atoms with van der Waals surface area (Å²) in [4.78, 5) is 27.8. The molecule has 0 atom stereocenters. The van der Waals surface area contributed by atoms with Crippen LogP contribution >= 0.6 is 0 Å². The van der Waals surface area contributed by atoms with Gasteiger partial charge in [0.15, 0.2) is 11.5 Å². The predicted molar refractivity (Wildman–Crippen MR) is 128 cm³/mol. The summed E-state index contributed by atoms with van der Waals surface area (Å²) in [5.41, 5.74) is 2.43. The molecule has 0 aliphatic heterocycles. The largest absolute Gasteiger partial charge is 0.357 e. The molecule has 3 heterocycles. The Morgan fingerprint density at radius 1 is 1.03 bits per heavy atom. The number of benzene rings is 1. The first-order chi connectivity index (χ1) is 16.1. The van der Waals surface area contributed by atoms with E-state index in [0.717, 1.165) is 30.2 Å². The van der Waals surface area contributed by atoms with E-state index in [9.17, 15) is 4.79 Å². The van der Waals surface area contributed by atoms with Crippen LogP contribution in [0.25, 0.3) is 11.3 Å². The van der Waals surface area contributed by atoms with Crippen molar-refractivity contribution in [2.24, 2.45) is 0 Å². The molecular formula is C24H25N7O2. The van der Waals surface area contributed by atoms with Gasteiger partial charge in [0.05, 0.1) is 0 Å². The maximum Gasteiger partial charge on any atom is 0.277 e. The van der Waals surface area contributed by atoms with Crippen molar-refractivity contribution >= 4 is 28.9 Å². The lowest BCUT2D eigenvalue weighted by Gasteiger charge is -2.20. The number of carbonyl (C=O) groups is 1. The van der Waals surface area contributed by atoms with E-state index in [1.54, 1.807) is 24.5 Å². The molecule has 0 spiro atoms. The fraction of sp³-hybridized carbons (Fsp3) is 0.208. The zero-order valence-electron chi connectivity index (χ0n) is 18.7. The van der Waals surface area contributed by atoms with Crippen molar-refractivity contribution in [3.63, 3.8) is 0 Å². The van der Waals surface area contributed by atoms with Gasteiger partial charge in [-0.1, -0.05) is 5.16 Å². The van der Waals surface area contributed by atoms with E-state index in [-0.39, 0.29) is 11.6 Å². The van der Waals surface area contributed by atoms with E-state index in [0.29, 0.717) is 23.1 Å². The van der Waals surface area contributed by atoms with Crippen LogP contribution in [-0.4, -0.2) is 39.1 Å². The molecule has 0 aliphatic carbocycles. The van der Waals surface area contributed by atoms with Gasteiger partial charge in [-0.2, -0.15) is 0 Å². The van der Waals surface area contributed by atoms with Gasteiger partial charge in [-0.3, -0.25) is 9.78 Å². The fourth-order valence-electron chi connectivity index (χ4n) is 3.33. The Morgan fingerprint density at radius 3 is 2.48 bits per heavy atom. The standard InChI is InChI=1S/C24H25N7O2/c1-4-31(5-2)23-14-22(26-16(3)27-23)28-18-8-10-19(11-9-18)29-24(32)20-13-21(33-30-20)17-7-6-12-25-15-17/h6-15H,4-5H2,1-3H3,(H,29,32)(H,26,27,28). The number of pyridine rings is 1. The monoisotopic (exact) mass is 443 g/mol. The third-order valence-electron chi connectivity index (χ3n) is 5.02. The molecule has 0 saturated heterocycles. The minimum atomic E-state index is -0.357. The molecule has 33 heavy (non-hydrogen) atoms. The minimum Gasteiger partial charge on any atom is -0.357 e. The highest BCUT2D eigenvalue weighted by Crippen LogP contribution is 2.22. The first-order valence-corrected chi connectivity index (χ1v) is 10.7. The van der Waals surface area contributed by atoms with Crippen molar-refractivity contribution in [2.45, 2.75) is 20.8 Å². The summed E-state index contributed by atoms with van der Waals surface area (Å²) >= 11 is 0. The maximum atomic E-state index is 12.5. The molecular weight excluding hydrogens is 418 g/mol. The summed E-state index contributed by atoms with van der Waals surface area (Å²) in [5.74, 6) is 2.43. The molecule has 4 aromatic rings. The van der Waals surface area contributed by atoms with Crippen molar-refractivity contribution in [1.82, 2.24) is 20.1 Å². The second-order valence-corrected chi connectivity index (χ2v) is 7.31. The number of aromatic nitrogens is 4. The van der Waals surface area contributed by atoms with Crippen molar-refractivity contribution in [2.75, 3.05) is 28.6 Å². The summed E-state index contributed by atoms with van der Waals surface area (Å²) < 4.78 is 5.27. The molecule has 3 aromatic heterocycles. The third kappa shape index (κ3) is 5.32. The van der Waals surface area contributed by atoms with Gasteiger partial charge in [-0.25, -0.2) is 9.97 Å². The Balaban J connectivity index is 1.42. The summed E-state index contributed by atoms with van der Waals surface area (Å²) in [7, 11) is 0. The second kappa shape index (κ2) is 9.90. The molecule has 9 heteroatoms. The second-order valence-electron chi connectivity index (χ2n) is 7.31. The molecule has 0 saturated carbocycles. The first kappa shape index (κ1) is 21.9. The smallest absolute Gasteiger partial charge is 0.277 e. The average molecular weight is 444 g/mol. The minimum absolute atomic E-state index is 0.191. The molecule has 9 nitrogen and oxygen atoms in total. The number of hydrogen-bond donors (Lipinski definition) is 2. The Hall–Kier alpha value is -4.27. The molecule has 4 rings (SSSR count). The van der Waals surface area contributed by atoms with Gasteiger partial charge < -0.3 is 20.1 Å². The van der Waals surface area contributed by atoms with E-state index in [4.69, 9.17) is 4.52 Å². The van der Waals surface area contributed by atoms with Gasteiger partial charge in [0.25, 0.3) is 5.91 Å². The van der Waals surface area contributed by atoms with E-state index < -0.39 is 0 Å². The molecule has 2 N–H and O–H groups in total. The number of aryl methyl sites for hydroxylation is 1. The van der Waals surface area contributed by atoms with Gasteiger partial charge in [-0.05, 0) is 57.2 Å². The zero-order chi connectivity index (χ0) is 23.2. The first-order valence-electron chi connectivity index (χ1n) is 10.7. The molecule has 0 unspecified atom stereocenters. The van der Waals surface area contributed by atoms with E-state index in [1.807, 2.05) is 43.3 Å². The van der Waals surface area contributed by atoms with Gasteiger partial charge in [0, 0.05) is 54.6 Å². The lowest BCUT2D eigenvalue weighted by Crippen LogP contribution is -2.23. The molecule has 1 aromatic carbocycles. The topological polar surface area (TPSA) is 109 Å². The zero-order valence-corrected chi connectivity index (χ0v) is 18.7. The molecule has 0 bridgehead atoms. The molecule has 0 fully saturated rings. The van der Waals surface area contributed by atoms with E-state index in [2.05, 4.69) is 49.5 Å². The number of hydrogen-bond acceptors (Lipinski definition) is 8. The number of anilines is 4. The van der Waals surface area contributed by atoms with Crippen molar-refractivity contribution in [1.29, 1.82) is 0 Å². The average Bonchev–Trinajstić information content (AvgIpc) is 3.32. The number of nitrogens with one attached hydrogen (secondary N) is 2. The van der Waals surface area contributed by atoms with Crippen LogP contribution in [0.3, 0.4) is 0 Å². The van der Waals surface area contributed by atoms with Crippen LogP contribution in [0.2, 0.25) is 0 Å². The lowest BCUT2D eigenvalue weighted by atomic mass is 10.2. The van der Waals surface area contributed by atoms with Crippen molar-refractivity contribution < 1.29 is 9.32 Å². The maximum absolute atomic E-state index is 12.5. The fourth-order valence-corrected chi connectivity index (χ4v) is 3.33. The van der Waals surface area contributed by atoms with Gasteiger partial charge in [-0.15, -0.1) is 0 Å².